The van der Waals surface area contributed by atoms with Gasteiger partial charge in [-0.1, -0.05) is 18.1 Å². The minimum atomic E-state index is -0.479. The number of aromatic nitrogens is 1. The number of nitrogens with one attached hydrogen (secondary N) is 1. The molecule has 0 unspecified atom stereocenters. The third kappa shape index (κ3) is 2.76. The van der Waals surface area contributed by atoms with Crippen LogP contribution >= 0.6 is 0 Å². The maximum Gasteiger partial charge on any atom is 0.274 e. The van der Waals surface area contributed by atoms with Crippen LogP contribution in [0.5, 0.6) is 0 Å². The fraction of sp³-hybridized carbons (Fsp3) is 0.286. The lowest BCUT2D eigenvalue weighted by Gasteiger charge is -2.08. The zero-order valence-corrected chi connectivity index (χ0v) is 12.0. The summed E-state index contributed by atoms with van der Waals surface area (Å²) in [6, 6.07) is 4.55. The molecule has 0 aliphatic heterocycles. The minimum absolute atomic E-state index is 0.0365. The molecule has 1 N–H and O–H groups in total. The number of hydrogen-bond donors (Lipinski definition) is 1. The molecule has 21 heavy (non-hydrogen) atoms. The van der Waals surface area contributed by atoms with Crippen LogP contribution in [0, 0.1) is 24.0 Å². The molecule has 7 nitrogen and oxygen atoms in total. The van der Waals surface area contributed by atoms with E-state index in [1.54, 1.807) is 19.9 Å². The lowest BCUT2D eigenvalue weighted by Crippen LogP contribution is -2.15. The third-order valence-corrected chi connectivity index (χ3v) is 3.25. The molecular weight excluding hydrogens is 274 g/mol. The van der Waals surface area contributed by atoms with Gasteiger partial charge in [0.25, 0.3) is 11.6 Å². The van der Waals surface area contributed by atoms with Crippen molar-refractivity contribution < 1.29 is 14.2 Å². The first-order valence-electron chi connectivity index (χ1n) is 6.46. The number of rotatable bonds is 4. The predicted molar refractivity (Wildman–Crippen MR) is 76.4 cm³/mol. The molecule has 1 aromatic carbocycles. The minimum Gasteiger partial charge on any atom is -0.361 e. The van der Waals surface area contributed by atoms with E-state index in [-0.39, 0.29) is 11.6 Å². The second kappa shape index (κ2) is 5.74. The van der Waals surface area contributed by atoms with Gasteiger partial charge in [-0.25, -0.2) is 0 Å². The van der Waals surface area contributed by atoms with E-state index in [1.165, 1.54) is 12.1 Å². The number of nitrogens with zero attached hydrogens (tertiary/aromatic N) is 2. The molecule has 1 heterocycles. The van der Waals surface area contributed by atoms with Crippen LogP contribution in [0.3, 0.4) is 0 Å². The molecule has 1 aromatic heterocycles. The zero-order valence-electron chi connectivity index (χ0n) is 12.0. The van der Waals surface area contributed by atoms with Crippen LogP contribution in [-0.4, -0.2) is 16.0 Å². The van der Waals surface area contributed by atoms with Crippen LogP contribution in [0.2, 0.25) is 0 Å². The summed E-state index contributed by atoms with van der Waals surface area (Å²) < 4.78 is 5.02. The highest BCUT2D eigenvalue weighted by Crippen LogP contribution is 2.26. The van der Waals surface area contributed by atoms with Crippen molar-refractivity contribution in [2.24, 2.45) is 0 Å². The van der Waals surface area contributed by atoms with Gasteiger partial charge in [0.15, 0.2) is 0 Å². The smallest absolute Gasteiger partial charge is 0.274 e. The monoisotopic (exact) mass is 289 g/mol. The van der Waals surface area contributed by atoms with Crippen molar-refractivity contribution in [3.05, 3.63) is 50.9 Å². The number of nitro benzene ring substituents is 1. The molecule has 0 radical (unpaired) electrons. The summed E-state index contributed by atoms with van der Waals surface area (Å²) in [4.78, 5) is 22.8. The molecule has 110 valence electrons. The highest BCUT2D eigenvalue weighted by molar-refractivity contribution is 6.06. The molecule has 0 saturated carbocycles. The molecule has 7 heteroatoms. The SMILES string of the molecule is CCc1noc(C)c1C(=O)Nc1cccc([N+](=O)[O-])c1C. The first-order valence-corrected chi connectivity index (χ1v) is 6.46. The van der Waals surface area contributed by atoms with Crippen LogP contribution in [-0.2, 0) is 6.42 Å². The molecule has 0 spiro atoms. The maximum atomic E-state index is 12.3. The van der Waals surface area contributed by atoms with E-state index >= 15 is 0 Å². The van der Waals surface area contributed by atoms with E-state index < -0.39 is 4.92 Å². The molecule has 0 aliphatic rings. The zero-order chi connectivity index (χ0) is 15.6. The van der Waals surface area contributed by atoms with Gasteiger partial charge in [0.05, 0.1) is 21.9 Å². The van der Waals surface area contributed by atoms with E-state index in [2.05, 4.69) is 10.5 Å². The summed E-state index contributed by atoms with van der Waals surface area (Å²) in [5, 5.41) is 17.4. The third-order valence-electron chi connectivity index (χ3n) is 3.25. The molecule has 0 fully saturated rings. The molecule has 0 saturated heterocycles. The van der Waals surface area contributed by atoms with E-state index in [1.807, 2.05) is 6.92 Å². The van der Waals surface area contributed by atoms with Gasteiger partial charge in [0.1, 0.15) is 11.3 Å². The molecular formula is C14H15N3O4. The van der Waals surface area contributed by atoms with E-state index in [4.69, 9.17) is 4.52 Å². The van der Waals surface area contributed by atoms with Crippen molar-refractivity contribution in [2.75, 3.05) is 5.32 Å². The first-order chi connectivity index (χ1) is 9.95. The van der Waals surface area contributed by atoms with Crippen molar-refractivity contribution in [1.82, 2.24) is 5.16 Å². The Bertz CT molecular complexity index is 706. The Hall–Kier alpha value is -2.70. The average Bonchev–Trinajstić information content (AvgIpc) is 2.81. The van der Waals surface area contributed by atoms with Crippen LogP contribution in [0.4, 0.5) is 11.4 Å². The summed E-state index contributed by atoms with van der Waals surface area (Å²) in [6.07, 6.45) is 0.564. The Morgan fingerprint density at radius 1 is 1.43 bits per heavy atom. The van der Waals surface area contributed by atoms with Crippen molar-refractivity contribution in [3.63, 3.8) is 0 Å². The van der Waals surface area contributed by atoms with Crippen molar-refractivity contribution >= 4 is 17.3 Å². The van der Waals surface area contributed by atoms with Gasteiger partial charge in [-0.2, -0.15) is 0 Å². The van der Waals surface area contributed by atoms with Crippen LogP contribution in [0.25, 0.3) is 0 Å². The highest BCUT2D eigenvalue weighted by Gasteiger charge is 2.21. The number of aryl methyl sites for hydroxylation is 2. The second-order valence-electron chi connectivity index (χ2n) is 4.57. The Balaban J connectivity index is 2.34. The summed E-state index contributed by atoms with van der Waals surface area (Å²) in [7, 11) is 0. The Kier molecular flexibility index (Phi) is 4.02. The summed E-state index contributed by atoms with van der Waals surface area (Å²) in [5.74, 6) is 0.0432. The standard InChI is InChI=1S/C14H15N3O4/c1-4-10-13(9(3)21-16-10)14(18)15-11-6-5-7-12(8(11)2)17(19)20/h5-7H,4H2,1-3H3,(H,15,18). The fourth-order valence-electron chi connectivity index (χ4n) is 2.09. The molecule has 1 amide bonds. The fourth-order valence-corrected chi connectivity index (χ4v) is 2.09. The van der Waals surface area contributed by atoms with Crippen LogP contribution in [0.1, 0.15) is 34.3 Å². The average molecular weight is 289 g/mol. The van der Waals surface area contributed by atoms with Crippen molar-refractivity contribution in [3.8, 4) is 0 Å². The summed E-state index contributed by atoms with van der Waals surface area (Å²) in [6.45, 7) is 5.11. The normalized spacial score (nSPS) is 10.4. The van der Waals surface area contributed by atoms with Crippen molar-refractivity contribution in [2.45, 2.75) is 27.2 Å². The maximum absolute atomic E-state index is 12.3. The first kappa shape index (κ1) is 14.7. The van der Waals surface area contributed by atoms with E-state index in [9.17, 15) is 14.9 Å². The number of anilines is 1. The van der Waals surface area contributed by atoms with Gasteiger partial charge in [0, 0.05) is 6.07 Å². The molecule has 2 rings (SSSR count). The van der Waals surface area contributed by atoms with Gasteiger partial charge in [-0.3, -0.25) is 14.9 Å². The molecule has 2 aromatic rings. The number of carbonyl (C=O) groups is 1. The number of nitro groups is 1. The second-order valence-corrected chi connectivity index (χ2v) is 4.57. The highest BCUT2D eigenvalue weighted by atomic mass is 16.6. The Morgan fingerprint density at radius 3 is 2.76 bits per heavy atom. The number of benzene rings is 1. The van der Waals surface area contributed by atoms with Crippen molar-refractivity contribution in [1.29, 1.82) is 0 Å². The summed E-state index contributed by atoms with van der Waals surface area (Å²) in [5.41, 5.74) is 1.71. The lowest BCUT2D eigenvalue weighted by molar-refractivity contribution is -0.385. The van der Waals surface area contributed by atoms with Gasteiger partial charge in [0.2, 0.25) is 0 Å². The Morgan fingerprint density at radius 2 is 2.14 bits per heavy atom. The lowest BCUT2D eigenvalue weighted by atomic mass is 10.1. The molecule has 0 bridgehead atoms. The topological polar surface area (TPSA) is 98.3 Å². The predicted octanol–water partition coefficient (Wildman–Crippen LogP) is 3.01. The van der Waals surface area contributed by atoms with Gasteiger partial charge in [-0.15, -0.1) is 0 Å². The summed E-state index contributed by atoms with van der Waals surface area (Å²) >= 11 is 0. The number of hydrogen-bond acceptors (Lipinski definition) is 5. The van der Waals surface area contributed by atoms with Crippen LogP contribution < -0.4 is 5.32 Å². The number of carbonyl (C=O) groups excluding carboxylic acids is 1. The molecule has 0 atom stereocenters. The van der Waals surface area contributed by atoms with E-state index in [0.29, 0.717) is 34.7 Å². The Labute approximate surface area is 121 Å². The largest absolute Gasteiger partial charge is 0.361 e. The van der Waals surface area contributed by atoms with E-state index in [0.717, 1.165) is 0 Å². The van der Waals surface area contributed by atoms with Gasteiger partial charge < -0.3 is 9.84 Å². The number of amides is 1. The molecule has 0 aliphatic carbocycles. The van der Waals surface area contributed by atoms with Gasteiger partial charge in [-0.05, 0) is 26.3 Å². The van der Waals surface area contributed by atoms with Gasteiger partial charge >= 0.3 is 0 Å². The van der Waals surface area contributed by atoms with Crippen LogP contribution in [0.15, 0.2) is 22.7 Å². The quantitative estimate of drug-likeness (QED) is 0.689.